The fourth-order valence-corrected chi connectivity index (χ4v) is 13.3. The van der Waals surface area contributed by atoms with E-state index in [0.29, 0.717) is 75.4 Å². The van der Waals surface area contributed by atoms with Crippen LogP contribution in [0.5, 0.6) is 5.75 Å². The molecule has 57 heavy (non-hydrogen) atoms. The molecule has 2 bridgehead atoms. The standard InChI is InChI=1S/C43H53N7O7/c1-6-25-24-21-42(39(54)57-5,34-27(13-17-49(22-24)23-32(25)51)26-11-8-9-12-30(26)45-34)29-19-28-31(20-33(29)56-4)48(3)36-41(28)15-18-50-16-10-14-40(7-2,35(41)50)37(52)43(36,55)38(53)46-47-44/h8-12,14,19-20,24-25,32,35-37,45,51-52,55H,6-7,13,15-18,21-23H2,1-5H3/t24?,25?,32?,35?,36?,37-,40?,41?,42+,43+/m1/s1. The van der Waals surface area contributed by atoms with E-state index in [-0.39, 0.29) is 17.9 Å². The Morgan fingerprint density at radius 1 is 1.09 bits per heavy atom. The maximum atomic E-state index is 15.3. The molecule has 3 aromatic rings. The van der Waals surface area contributed by atoms with Crippen LogP contribution in [0.3, 0.4) is 0 Å². The number of nitrogens with one attached hydrogen (secondary N) is 1. The van der Waals surface area contributed by atoms with Crippen molar-refractivity contribution < 1.29 is 34.4 Å². The lowest BCUT2D eigenvalue weighted by atomic mass is 9.47. The lowest BCUT2D eigenvalue weighted by molar-refractivity contribution is -0.201. The molecule has 1 amide bonds. The molecule has 5 aliphatic heterocycles. The largest absolute Gasteiger partial charge is 0.496 e. The number of para-hydroxylation sites is 1. The van der Waals surface area contributed by atoms with Crippen molar-refractivity contribution in [2.24, 2.45) is 22.4 Å². The summed E-state index contributed by atoms with van der Waals surface area (Å²) in [5, 5.41) is 41.4. The first-order valence-electron chi connectivity index (χ1n) is 20.4. The summed E-state index contributed by atoms with van der Waals surface area (Å²) in [4.78, 5) is 42.4. The van der Waals surface area contributed by atoms with E-state index in [1.807, 2.05) is 48.2 Å². The van der Waals surface area contributed by atoms with Crippen LogP contribution < -0.4 is 9.64 Å². The summed E-state index contributed by atoms with van der Waals surface area (Å²) in [5.74, 6) is -1.33. The Balaban J connectivity index is 1.38. The minimum Gasteiger partial charge on any atom is -0.496 e. The molecule has 1 spiro atoms. The molecule has 2 saturated heterocycles. The zero-order valence-electron chi connectivity index (χ0n) is 33.3. The SMILES string of the molecule is CCC1C(O)CN2CCc3c([nH]c4ccccc34)[C@@](C(=O)OC)(c3cc4c(cc3OC)N(C)C3C45CCN4CC=CC(CC)(C45)[C@@H](O)[C@]3(O)C(=O)N=[N+]=[N-])CC1C2. The highest BCUT2D eigenvalue weighted by Crippen LogP contribution is 2.67. The van der Waals surface area contributed by atoms with E-state index < -0.39 is 52.0 Å². The van der Waals surface area contributed by atoms with Crippen molar-refractivity contribution in [2.45, 2.75) is 86.7 Å². The highest BCUT2D eigenvalue weighted by molar-refractivity contribution is 5.95. The summed E-state index contributed by atoms with van der Waals surface area (Å²) in [6.07, 6.45) is 4.39. The fourth-order valence-electron chi connectivity index (χ4n) is 13.3. The van der Waals surface area contributed by atoms with Gasteiger partial charge in [-0.2, -0.15) is 0 Å². The third kappa shape index (κ3) is 4.74. The number of carbonyl (C=O) groups excluding carboxylic acids is 2. The zero-order chi connectivity index (χ0) is 40.2. The van der Waals surface area contributed by atoms with Gasteiger partial charge in [0.1, 0.15) is 17.3 Å². The number of ether oxygens (including phenoxy) is 2. The van der Waals surface area contributed by atoms with Gasteiger partial charge in [-0.15, -0.1) is 0 Å². The zero-order valence-corrected chi connectivity index (χ0v) is 33.3. The van der Waals surface area contributed by atoms with Gasteiger partial charge >= 0.3 is 5.97 Å². The molecule has 1 aromatic heterocycles. The third-order valence-electron chi connectivity index (χ3n) is 15.4. The molecule has 0 radical (unpaired) electrons. The molecule has 3 fully saturated rings. The Hall–Kier alpha value is -4.43. The number of esters is 1. The van der Waals surface area contributed by atoms with Crippen molar-refractivity contribution in [1.29, 1.82) is 0 Å². The summed E-state index contributed by atoms with van der Waals surface area (Å²) in [7, 11) is 4.80. The van der Waals surface area contributed by atoms with Crippen LogP contribution in [0.4, 0.5) is 5.69 Å². The van der Waals surface area contributed by atoms with E-state index in [4.69, 9.17) is 9.47 Å². The molecular weight excluding hydrogens is 727 g/mol. The molecule has 9 rings (SSSR count). The minimum absolute atomic E-state index is 0.0742. The van der Waals surface area contributed by atoms with E-state index in [1.54, 1.807) is 14.2 Å². The Morgan fingerprint density at radius 3 is 2.60 bits per heavy atom. The number of hydrogen-bond acceptors (Lipinski definition) is 10. The number of aromatic nitrogens is 1. The number of azide groups is 1. The predicted molar refractivity (Wildman–Crippen MR) is 213 cm³/mol. The molecule has 4 N–H and O–H groups in total. The highest BCUT2D eigenvalue weighted by Gasteiger charge is 2.78. The van der Waals surface area contributed by atoms with Gasteiger partial charge in [-0.05, 0) is 78.0 Å². The van der Waals surface area contributed by atoms with Gasteiger partial charge < -0.3 is 39.6 Å². The Kier molecular flexibility index (Phi) is 8.89. The van der Waals surface area contributed by atoms with Crippen LogP contribution in [0.1, 0.15) is 61.9 Å². The number of carbonyl (C=O) groups is 2. The number of nitrogens with zero attached hydrogens (tertiary/aromatic N) is 6. The maximum absolute atomic E-state index is 15.3. The first kappa shape index (κ1) is 38.1. The van der Waals surface area contributed by atoms with Crippen molar-refractivity contribution in [3.63, 3.8) is 0 Å². The second kappa shape index (κ2) is 13.3. The smallest absolute Gasteiger partial charge is 0.322 e. The lowest BCUT2D eigenvalue weighted by Gasteiger charge is -2.63. The molecule has 1 aliphatic carbocycles. The number of likely N-dealkylation sites (N-methyl/N-ethyl adjacent to an activating group) is 1. The second-order valence-corrected chi connectivity index (χ2v) is 17.4. The van der Waals surface area contributed by atoms with E-state index in [0.717, 1.165) is 34.1 Å². The second-order valence-electron chi connectivity index (χ2n) is 17.4. The van der Waals surface area contributed by atoms with Gasteiger partial charge in [-0.1, -0.05) is 50.6 Å². The Bertz CT molecular complexity index is 2240. The van der Waals surface area contributed by atoms with Crippen molar-refractivity contribution in [3.05, 3.63) is 81.4 Å². The number of H-pyrrole nitrogens is 1. The first-order valence-corrected chi connectivity index (χ1v) is 20.4. The molecule has 1 saturated carbocycles. The lowest BCUT2D eigenvalue weighted by Crippen LogP contribution is -2.80. The number of aliphatic hydroxyl groups is 3. The van der Waals surface area contributed by atoms with Gasteiger partial charge in [0.15, 0.2) is 5.60 Å². The van der Waals surface area contributed by atoms with Crippen LogP contribution in [0.15, 0.2) is 53.7 Å². The fraction of sp³-hybridized carbons (Fsp3) is 0.581. The normalized spacial score (nSPS) is 37.8. The number of methoxy groups -OCH3 is 2. The number of piperidine rings is 1. The molecule has 8 unspecified atom stereocenters. The molecule has 6 aliphatic rings. The van der Waals surface area contributed by atoms with E-state index in [1.165, 1.54) is 7.11 Å². The predicted octanol–water partition coefficient (Wildman–Crippen LogP) is 3.94. The Labute approximate surface area is 332 Å². The summed E-state index contributed by atoms with van der Waals surface area (Å²) >= 11 is 0. The Morgan fingerprint density at radius 2 is 1.88 bits per heavy atom. The summed E-state index contributed by atoms with van der Waals surface area (Å²) in [6.45, 7) is 7.27. The molecule has 2 aromatic carbocycles. The molecule has 11 atom stereocenters. The van der Waals surface area contributed by atoms with Gasteiger partial charge in [-0.3, -0.25) is 14.5 Å². The molecule has 6 heterocycles. The molecule has 14 heteroatoms. The first-order chi connectivity index (χ1) is 27.4. The van der Waals surface area contributed by atoms with Gasteiger partial charge in [0.25, 0.3) is 5.91 Å². The van der Waals surface area contributed by atoms with Gasteiger partial charge in [-0.25, -0.2) is 0 Å². The minimum atomic E-state index is -2.49. The quantitative estimate of drug-likeness (QED) is 0.0939. The van der Waals surface area contributed by atoms with Gasteiger partial charge in [0.2, 0.25) is 0 Å². The van der Waals surface area contributed by atoms with Crippen LogP contribution in [0.2, 0.25) is 0 Å². The number of anilines is 1. The number of rotatable bonds is 6. The molecule has 302 valence electrons. The van der Waals surface area contributed by atoms with Crippen LogP contribution in [-0.4, -0.2) is 126 Å². The van der Waals surface area contributed by atoms with Crippen LogP contribution in [-0.2, 0) is 31.6 Å². The number of fused-ring (bicyclic) bond motifs is 6. The van der Waals surface area contributed by atoms with Crippen molar-refractivity contribution in [3.8, 4) is 5.75 Å². The number of aromatic amines is 1. The average molecular weight is 780 g/mol. The van der Waals surface area contributed by atoms with Crippen molar-refractivity contribution in [2.75, 3.05) is 58.9 Å². The van der Waals surface area contributed by atoms with Crippen LogP contribution >= 0.6 is 0 Å². The highest BCUT2D eigenvalue weighted by atomic mass is 16.5. The van der Waals surface area contributed by atoms with Gasteiger partial charge in [0, 0.05) is 88.9 Å². The summed E-state index contributed by atoms with van der Waals surface area (Å²) in [5.41, 5.74) is 8.29. The topological polar surface area (TPSA) is 188 Å². The number of aliphatic hydroxyl groups excluding tert-OH is 2. The van der Waals surface area contributed by atoms with Crippen molar-refractivity contribution in [1.82, 2.24) is 14.8 Å². The summed E-state index contributed by atoms with van der Waals surface area (Å²) < 4.78 is 12.2. The van der Waals surface area contributed by atoms with Crippen LogP contribution in [0.25, 0.3) is 21.3 Å². The third-order valence-corrected chi connectivity index (χ3v) is 15.4. The molecular formula is C43H53N7O7. The number of benzene rings is 2. The van der Waals surface area contributed by atoms with Crippen molar-refractivity contribution >= 4 is 28.5 Å². The van der Waals surface area contributed by atoms with E-state index in [2.05, 4.69) is 43.9 Å². The summed E-state index contributed by atoms with van der Waals surface area (Å²) in [6, 6.07) is 10.7. The number of amides is 1. The van der Waals surface area contributed by atoms with Gasteiger partial charge in [0.05, 0.1) is 26.4 Å². The monoisotopic (exact) mass is 779 g/mol. The van der Waals surface area contributed by atoms with E-state index >= 15 is 4.79 Å². The average Bonchev–Trinajstić information content (AvgIpc) is 3.88. The maximum Gasteiger partial charge on any atom is 0.322 e. The van der Waals surface area contributed by atoms with Crippen LogP contribution in [0, 0.1) is 17.3 Å². The molecule has 14 nitrogen and oxygen atoms in total. The van der Waals surface area contributed by atoms with E-state index in [9.17, 15) is 25.6 Å². The number of hydrogen-bond donors (Lipinski definition) is 4.